The van der Waals surface area contributed by atoms with Gasteiger partial charge in [0.1, 0.15) is 18.1 Å². The molecule has 0 aliphatic carbocycles. The lowest BCUT2D eigenvalue weighted by molar-refractivity contribution is 0.150. The zero-order valence-corrected chi connectivity index (χ0v) is 10.3. The van der Waals surface area contributed by atoms with E-state index < -0.39 is 6.09 Å². The summed E-state index contributed by atoms with van der Waals surface area (Å²) < 4.78 is 10.7. The molecule has 96 valence electrons. The number of carbonyl (C=O) groups is 1. The second-order valence-corrected chi connectivity index (χ2v) is 4.39. The van der Waals surface area contributed by atoms with Crippen LogP contribution in [0.3, 0.4) is 0 Å². The first-order valence-corrected chi connectivity index (χ1v) is 6.03. The largest absolute Gasteiger partial charge is 0.457 e. The molecule has 1 heterocycles. The van der Waals surface area contributed by atoms with Crippen LogP contribution in [0.4, 0.5) is 4.79 Å². The number of hydrogen-bond acceptors (Lipinski definition) is 3. The maximum atomic E-state index is 10.7. The Kier molecular flexibility index (Phi) is 2.83. The maximum absolute atomic E-state index is 10.7. The van der Waals surface area contributed by atoms with Gasteiger partial charge in [-0.3, -0.25) is 0 Å². The van der Waals surface area contributed by atoms with Crippen molar-refractivity contribution in [1.29, 1.82) is 0 Å². The Morgan fingerprint density at radius 3 is 2.79 bits per heavy atom. The SMILES string of the molecule is NC(=O)OCc1cccc2c1Cc1ccccc1O2. The molecule has 0 fully saturated rings. The predicted octanol–water partition coefficient (Wildman–Crippen LogP) is 2.98. The molecule has 2 N–H and O–H groups in total. The average molecular weight is 255 g/mol. The Morgan fingerprint density at radius 1 is 1.16 bits per heavy atom. The number of benzene rings is 2. The van der Waals surface area contributed by atoms with Crippen LogP contribution in [0, 0.1) is 0 Å². The number of fused-ring (bicyclic) bond motifs is 2. The van der Waals surface area contributed by atoms with Gasteiger partial charge < -0.3 is 15.2 Å². The first kappa shape index (κ1) is 11.6. The monoisotopic (exact) mass is 255 g/mol. The van der Waals surface area contributed by atoms with E-state index in [0.29, 0.717) is 0 Å². The number of nitrogens with two attached hydrogens (primary N) is 1. The van der Waals surface area contributed by atoms with Gasteiger partial charge in [0.2, 0.25) is 0 Å². The lowest BCUT2D eigenvalue weighted by Crippen LogP contribution is -2.14. The summed E-state index contributed by atoms with van der Waals surface area (Å²) in [5, 5.41) is 0. The highest BCUT2D eigenvalue weighted by Crippen LogP contribution is 2.37. The lowest BCUT2D eigenvalue weighted by atomic mass is 9.96. The summed E-state index contributed by atoms with van der Waals surface area (Å²) in [5.74, 6) is 1.69. The fraction of sp³-hybridized carbons (Fsp3) is 0.133. The molecule has 1 aliphatic rings. The number of ether oxygens (including phenoxy) is 2. The van der Waals surface area contributed by atoms with Crippen LogP contribution in [-0.4, -0.2) is 6.09 Å². The topological polar surface area (TPSA) is 61.6 Å². The molecular formula is C15H13NO3. The molecule has 0 aromatic heterocycles. The Hall–Kier alpha value is -2.49. The fourth-order valence-electron chi connectivity index (χ4n) is 2.25. The Bertz CT molecular complexity index is 637. The molecule has 3 rings (SSSR count). The van der Waals surface area contributed by atoms with Gasteiger partial charge >= 0.3 is 6.09 Å². The molecule has 4 heteroatoms. The summed E-state index contributed by atoms with van der Waals surface area (Å²) in [4.78, 5) is 10.7. The molecule has 0 saturated carbocycles. The van der Waals surface area contributed by atoms with Crippen LogP contribution in [0.2, 0.25) is 0 Å². The summed E-state index contributed by atoms with van der Waals surface area (Å²) in [6, 6.07) is 13.6. The smallest absolute Gasteiger partial charge is 0.404 e. The van der Waals surface area contributed by atoms with Gasteiger partial charge in [-0.05, 0) is 23.3 Å². The van der Waals surface area contributed by atoms with Gasteiger partial charge in [-0.15, -0.1) is 0 Å². The zero-order valence-electron chi connectivity index (χ0n) is 10.3. The molecule has 0 unspecified atom stereocenters. The van der Waals surface area contributed by atoms with E-state index in [-0.39, 0.29) is 6.61 Å². The van der Waals surface area contributed by atoms with Crippen molar-refractivity contribution in [2.75, 3.05) is 0 Å². The van der Waals surface area contributed by atoms with Gasteiger partial charge in [-0.2, -0.15) is 0 Å². The minimum atomic E-state index is -0.769. The lowest BCUT2D eigenvalue weighted by Gasteiger charge is -2.22. The molecule has 0 saturated heterocycles. The highest BCUT2D eigenvalue weighted by Gasteiger charge is 2.19. The Morgan fingerprint density at radius 2 is 1.95 bits per heavy atom. The van der Waals surface area contributed by atoms with Crippen molar-refractivity contribution in [2.45, 2.75) is 13.0 Å². The minimum absolute atomic E-state index is 0.171. The maximum Gasteiger partial charge on any atom is 0.404 e. The third-order valence-electron chi connectivity index (χ3n) is 3.16. The molecule has 0 bridgehead atoms. The van der Waals surface area contributed by atoms with E-state index in [0.717, 1.165) is 34.6 Å². The minimum Gasteiger partial charge on any atom is -0.457 e. The Balaban J connectivity index is 1.94. The third kappa shape index (κ3) is 2.25. The molecule has 4 nitrogen and oxygen atoms in total. The van der Waals surface area contributed by atoms with Gasteiger partial charge in [0.05, 0.1) is 0 Å². The van der Waals surface area contributed by atoms with Crippen molar-refractivity contribution in [2.24, 2.45) is 5.73 Å². The van der Waals surface area contributed by atoms with Crippen molar-refractivity contribution in [3.8, 4) is 11.5 Å². The summed E-state index contributed by atoms with van der Waals surface area (Å²) >= 11 is 0. The summed E-state index contributed by atoms with van der Waals surface area (Å²) in [5.41, 5.74) is 8.09. The van der Waals surface area contributed by atoms with Crippen LogP contribution in [-0.2, 0) is 17.8 Å². The second kappa shape index (κ2) is 4.65. The third-order valence-corrected chi connectivity index (χ3v) is 3.16. The van der Waals surface area contributed by atoms with Crippen LogP contribution in [0.25, 0.3) is 0 Å². The average Bonchev–Trinajstić information content (AvgIpc) is 2.42. The van der Waals surface area contributed by atoms with E-state index in [1.807, 2.05) is 42.5 Å². The quantitative estimate of drug-likeness (QED) is 0.765. The van der Waals surface area contributed by atoms with Gasteiger partial charge in [0.15, 0.2) is 0 Å². The summed E-state index contributed by atoms with van der Waals surface area (Å²) in [7, 11) is 0. The number of amides is 1. The van der Waals surface area contributed by atoms with E-state index in [4.69, 9.17) is 15.2 Å². The van der Waals surface area contributed by atoms with Crippen LogP contribution in [0.5, 0.6) is 11.5 Å². The van der Waals surface area contributed by atoms with E-state index in [1.165, 1.54) is 0 Å². The molecule has 0 atom stereocenters. The number of hydrogen-bond donors (Lipinski definition) is 1. The fourth-order valence-corrected chi connectivity index (χ4v) is 2.25. The van der Waals surface area contributed by atoms with E-state index in [2.05, 4.69) is 0 Å². The summed E-state index contributed by atoms with van der Waals surface area (Å²) in [6.45, 7) is 0.171. The van der Waals surface area contributed by atoms with Crippen LogP contribution in [0.15, 0.2) is 42.5 Å². The van der Waals surface area contributed by atoms with E-state index in [9.17, 15) is 4.79 Å². The van der Waals surface area contributed by atoms with Gasteiger partial charge in [-0.25, -0.2) is 4.79 Å². The van der Waals surface area contributed by atoms with E-state index in [1.54, 1.807) is 0 Å². The number of rotatable bonds is 2. The molecule has 2 aromatic rings. The standard InChI is InChI=1S/C15H13NO3/c16-15(17)18-9-11-5-3-7-14-12(11)8-10-4-1-2-6-13(10)19-14/h1-7H,8-9H2,(H2,16,17). The number of primary amides is 1. The molecule has 19 heavy (non-hydrogen) atoms. The predicted molar refractivity (Wildman–Crippen MR) is 70.1 cm³/mol. The second-order valence-electron chi connectivity index (χ2n) is 4.39. The van der Waals surface area contributed by atoms with Crippen molar-refractivity contribution in [3.05, 3.63) is 59.2 Å². The zero-order chi connectivity index (χ0) is 13.2. The van der Waals surface area contributed by atoms with Crippen molar-refractivity contribution >= 4 is 6.09 Å². The highest BCUT2D eigenvalue weighted by molar-refractivity contribution is 5.64. The molecule has 0 spiro atoms. The van der Waals surface area contributed by atoms with Crippen molar-refractivity contribution in [1.82, 2.24) is 0 Å². The molecule has 2 aromatic carbocycles. The molecule has 1 aliphatic heterocycles. The highest BCUT2D eigenvalue weighted by atomic mass is 16.5. The number of para-hydroxylation sites is 1. The van der Waals surface area contributed by atoms with Gasteiger partial charge in [0.25, 0.3) is 0 Å². The van der Waals surface area contributed by atoms with Crippen LogP contribution >= 0.6 is 0 Å². The normalized spacial score (nSPS) is 12.0. The molecule has 0 radical (unpaired) electrons. The van der Waals surface area contributed by atoms with Gasteiger partial charge in [0, 0.05) is 12.0 Å². The van der Waals surface area contributed by atoms with E-state index >= 15 is 0 Å². The first-order valence-electron chi connectivity index (χ1n) is 6.03. The van der Waals surface area contributed by atoms with Gasteiger partial charge in [-0.1, -0.05) is 30.3 Å². The van der Waals surface area contributed by atoms with Crippen LogP contribution in [0.1, 0.15) is 16.7 Å². The number of carbonyl (C=O) groups excluding carboxylic acids is 1. The first-order chi connectivity index (χ1) is 9.24. The molecular weight excluding hydrogens is 242 g/mol. The van der Waals surface area contributed by atoms with Crippen molar-refractivity contribution in [3.63, 3.8) is 0 Å². The van der Waals surface area contributed by atoms with Crippen molar-refractivity contribution < 1.29 is 14.3 Å². The summed E-state index contributed by atoms with van der Waals surface area (Å²) in [6.07, 6.45) is -0.00111. The van der Waals surface area contributed by atoms with Crippen LogP contribution < -0.4 is 10.5 Å². The molecule has 1 amide bonds. The Labute approximate surface area is 110 Å².